The molecule has 0 aromatic heterocycles. The number of nitrogens with zero attached hydrogens (tertiary/aromatic N) is 1. The van der Waals surface area contributed by atoms with E-state index in [4.69, 9.17) is 23.2 Å². The zero-order valence-electron chi connectivity index (χ0n) is 16.1. The molecule has 3 rings (SSSR count). The molecule has 2 amide bonds. The quantitative estimate of drug-likeness (QED) is 0.282. The fourth-order valence-corrected chi connectivity index (χ4v) is 3.10. The Kier molecular flexibility index (Phi) is 7.19. The van der Waals surface area contributed by atoms with Crippen LogP contribution in [0.25, 0.3) is 6.08 Å². The first-order chi connectivity index (χ1) is 15.2. The number of hydrogen-bond donors (Lipinski definition) is 2. The van der Waals surface area contributed by atoms with Crippen LogP contribution >= 0.6 is 23.2 Å². The number of hydrogen-bond acceptors (Lipinski definition) is 4. The second kappa shape index (κ2) is 10.0. The van der Waals surface area contributed by atoms with E-state index >= 15 is 0 Å². The summed E-state index contributed by atoms with van der Waals surface area (Å²) in [4.78, 5) is 36.1. The van der Waals surface area contributed by atoms with Crippen molar-refractivity contribution in [2.45, 2.75) is 0 Å². The molecule has 3 aromatic carbocycles. The van der Waals surface area contributed by atoms with Gasteiger partial charge in [-0.1, -0.05) is 47.5 Å². The van der Waals surface area contributed by atoms with E-state index in [9.17, 15) is 24.1 Å². The number of carbonyl (C=O) groups is 2. The largest absolute Gasteiger partial charge is 0.319 e. The molecule has 32 heavy (non-hydrogen) atoms. The van der Waals surface area contributed by atoms with Crippen LogP contribution < -0.4 is 10.6 Å². The molecule has 0 heterocycles. The summed E-state index contributed by atoms with van der Waals surface area (Å²) in [5.74, 6) is -2.15. The number of non-ortho nitro benzene ring substituents is 1. The van der Waals surface area contributed by atoms with Gasteiger partial charge >= 0.3 is 0 Å². The smallest absolute Gasteiger partial charge is 0.272 e. The number of benzene rings is 3. The number of nitro groups is 1. The normalized spacial score (nSPS) is 11.0. The Morgan fingerprint density at radius 1 is 0.969 bits per heavy atom. The minimum absolute atomic E-state index is 0.0662. The standard InChI is InChI=1S/C22H14Cl2FN3O4/c23-17-6-1-2-7-19(17)26-22(30)20(11-13-4-3-5-15(10-13)28(31)32)27-21(29)16-9-8-14(25)12-18(16)24/h1-12H,(H,26,30)(H,27,29). The number of halogens is 3. The van der Waals surface area contributed by atoms with Crippen molar-refractivity contribution in [3.05, 3.63) is 110 Å². The molecule has 0 radical (unpaired) electrons. The molecule has 2 N–H and O–H groups in total. The van der Waals surface area contributed by atoms with E-state index in [1.54, 1.807) is 24.3 Å². The van der Waals surface area contributed by atoms with Crippen molar-refractivity contribution in [2.24, 2.45) is 0 Å². The number of rotatable bonds is 6. The SMILES string of the molecule is O=C(Nc1ccccc1Cl)C(=Cc1cccc([N+](=O)[O-])c1)NC(=O)c1ccc(F)cc1Cl. The van der Waals surface area contributed by atoms with Crippen LogP contribution in [0.2, 0.25) is 10.0 Å². The van der Waals surface area contributed by atoms with Gasteiger partial charge in [0.1, 0.15) is 11.5 Å². The Balaban J connectivity index is 1.97. The summed E-state index contributed by atoms with van der Waals surface area (Å²) < 4.78 is 13.3. The van der Waals surface area contributed by atoms with Gasteiger partial charge in [0.2, 0.25) is 0 Å². The monoisotopic (exact) mass is 473 g/mol. The summed E-state index contributed by atoms with van der Waals surface area (Å²) in [6.07, 6.45) is 1.26. The Hall–Kier alpha value is -3.75. The van der Waals surface area contributed by atoms with Crippen molar-refractivity contribution in [3.8, 4) is 0 Å². The third-order valence-corrected chi connectivity index (χ3v) is 4.82. The maximum absolute atomic E-state index is 13.3. The number of amides is 2. The van der Waals surface area contributed by atoms with E-state index in [1.165, 1.54) is 36.4 Å². The van der Waals surface area contributed by atoms with Crippen molar-refractivity contribution in [1.29, 1.82) is 0 Å². The van der Waals surface area contributed by atoms with Gasteiger partial charge in [0.25, 0.3) is 17.5 Å². The van der Waals surface area contributed by atoms with Gasteiger partial charge in [-0.15, -0.1) is 0 Å². The van der Waals surface area contributed by atoms with Crippen LogP contribution in [0.1, 0.15) is 15.9 Å². The number of nitrogens with one attached hydrogen (secondary N) is 2. The molecular weight excluding hydrogens is 460 g/mol. The van der Waals surface area contributed by atoms with Crippen LogP contribution in [0.3, 0.4) is 0 Å². The van der Waals surface area contributed by atoms with Crippen LogP contribution in [0.4, 0.5) is 15.8 Å². The lowest BCUT2D eigenvalue weighted by atomic mass is 10.1. The summed E-state index contributed by atoms with van der Waals surface area (Å²) in [5, 5.41) is 16.2. The molecular formula is C22H14Cl2FN3O4. The molecule has 7 nitrogen and oxygen atoms in total. The molecule has 0 spiro atoms. The highest BCUT2D eigenvalue weighted by Crippen LogP contribution is 2.22. The summed E-state index contributed by atoms with van der Waals surface area (Å²) in [6, 6.07) is 15.1. The maximum atomic E-state index is 13.3. The number of anilines is 1. The molecule has 10 heteroatoms. The van der Waals surface area contributed by atoms with E-state index < -0.39 is 22.6 Å². The summed E-state index contributed by atoms with van der Waals surface area (Å²) in [5.41, 5.74) is 0.0732. The van der Waals surface area contributed by atoms with Crippen molar-refractivity contribution in [3.63, 3.8) is 0 Å². The Morgan fingerprint density at radius 2 is 1.72 bits per heavy atom. The Labute approximate surface area is 191 Å². The molecule has 0 atom stereocenters. The van der Waals surface area contributed by atoms with E-state index in [2.05, 4.69) is 10.6 Å². The zero-order valence-corrected chi connectivity index (χ0v) is 17.7. The van der Waals surface area contributed by atoms with Gasteiger partial charge in [0.15, 0.2) is 0 Å². The van der Waals surface area contributed by atoms with Crippen LogP contribution in [0, 0.1) is 15.9 Å². The minimum atomic E-state index is -0.777. The first-order valence-electron chi connectivity index (χ1n) is 9.03. The van der Waals surface area contributed by atoms with Crippen molar-refractivity contribution >= 4 is 52.5 Å². The molecule has 0 saturated heterocycles. The Morgan fingerprint density at radius 3 is 2.41 bits per heavy atom. The summed E-state index contributed by atoms with van der Waals surface area (Å²) in [7, 11) is 0. The van der Waals surface area contributed by atoms with Gasteiger partial charge in [0.05, 0.1) is 26.2 Å². The molecule has 162 valence electrons. The average molecular weight is 474 g/mol. The lowest BCUT2D eigenvalue weighted by Gasteiger charge is -2.13. The molecule has 0 aliphatic heterocycles. The highest BCUT2D eigenvalue weighted by atomic mass is 35.5. The van der Waals surface area contributed by atoms with Crippen LogP contribution in [0.5, 0.6) is 0 Å². The molecule has 3 aromatic rings. The zero-order chi connectivity index (χ0) is 23.3. The average Bonchev–Trinajstić information content (AvgIpc) is 2.75. The highest BCUT2D eigenvalue weighted by Gasteiger charge is 2.18. The molecule has 0 saturated carbocycles. The Bertz CT molecular complexity index is 1250. The topological polar surface area (TPSA) is 101 Å². The molecule has 0 bridgehead atoms. The third kappa shape index (κ3) is 5.69. The predicted molar refractivity (Wildman–Crippen MR) is 120 cm³/mol. The van der Waals surface area contributed by atoms with Crippen molar-refractivity contribution in [2.75, 3.05) is 5.32 Å². The highest BCUT2D eigenvalue weighted by molar-refractivity contribution is 6.34. The minimum Gasteiger partial charge on any atom is -0.319 e. The second-order valence-electron chi connectivity index (χ2n) is 6.42. The molecule has 0 unspecified atom stereocenters. The van der Waals surface area contributed by atoms with Gasteiger partial charge in [-0.05, 0) is 42.0 Å². The van der Waals surface area contributed by atoms with Gasteiger partial charge in [-0.3, -0.25) is 19.7 Å². The van der Waals surface area contributed by atoms with Gasteiger partial charge in [0, 0.05) is 12.1 Å². The lowest BCUT2D eigenvalue weighted by molar-refractivity contribution is -0.384. The van der Waals surface area contributed by atoms with Crippen LogP contribution in [-0.4, -0.2) is 16.7 Å². The number of nitro benzene ring substituents is 1. The van der Waals surface area contributed by atoms with E-state index in [1.807, 2.05) is 0 Å². The number of carbonyl (C=O) groups excluding carboxylic acids is 2. The van der Waals surface area contributed by atoms with Crippen LogP contribution in [0.15, 0.2) is 72.4 Å². The lowest BCUT2D eigenvalue weighted by Crippen LogP contribution is -2.31. The predicted octanol–water partition coefficient (Wildman–Crippen LogP) is 5.45. The van der Waals surface area contributed by atoms with Crippen molar-refractivity contribution < 1.29 is 18.9 Å². The van der Waals surface area contributed by atoms with Gasteiger partial charge in [-0.2, -0.15) is 0 Å². The third-order valence-electron chi connectivity index (χ3n) is 4.18. The second-order valence-corrected chi connectivity index (χ2v) is 7.24. The van der Waals surface area contributed by atoms with E-state index in [0.717, 1.165) is 12.1 Å². The van der Waals surface area contributed by atoms with Crippen LogP contribution in [-0.2, 0) is 4.79 Å². The van der Waals surface area contributed by atoms with Gasteiger partial charge < -0.3 is 10.6 Å². The van der Waals surface area contributed by atoms with Gasteiger partial charge in [-0.25, -0.2) is 4.39 Å². The summed E-state index contributed by atoms with van der Waals surface area (Å²) >= 11 is 12.0. The van der Waals surface area contributed by atoms with E-state index in [-0.39, 0.29) is 38.2 Å². The maximum Gasteiger partial charge on any atom is 0.272 e. The number of para-hydroxylation sites is 1. The van der Waals surface area contributed by atoms with E-state index in [0.29, 0.717) is 0 Å². The fraction of sp³-hybridized carbons (Fsp3) is 0. The molecule has 0 aliphatic carbocycles. The van der Waals surface area contributed by atoms with Crippen molar-refractivity contribution in [1.82, 2.24) is 5.32 Å². The first kappa shape index (κ1) is 22.9. The fourth-order valence-electron chi connectivity index (χ4n) is 2.67. The summed E-state index contributed by atoms with van der Waals surface area (Å²) in [6.45, 7) is 0. The molecule has 0 fully saturated rings. The molecule has 0 aliphatic rings. The first-order valence-corrected chi connectivity index (χ1v) is 9.78.